The van der Waals surface area contributed by atoms with Crippen molar-refractivity contribution in [3.63, 3.8) is 0 Å². The number of methoxy groups -OCH3 is 1. The zero-order valence-corrected chi connectivity index (χ0v) is 9.79. The standard InChI is InChI=1S/C13H20O/c1-10(13(2,3)4)11-8-6-7-9-12(11)14-5/h6-10H,1-5H3. The SMILES string of the molecule is COc1ccccc1C(C)C(C)(C)C. The Hall–Kier alpha value is -0.980. The largest absolute Gasteiger partial charge is 0.496 e. The number of para-hydroxylation sites is 1. The third-order valence-corrected chi connectivity index (χ3v) is 2.90. The van der Waals surface area contributed by atoms with Gasteiger partial charge in [0.05, 0.1) is 7.11 Å². The summed E-state index contributed by atoms with van der Waals surface area (Å²) in [6, 6.07) is 8.25. The normalized spacial score (nSPS) is 13.8. The number of hydrogen-bond acceptors (Lipinski definition) is 1. The lowest BCUT2D eigenvalue weighted by Gasteiger charge is -2.28. The predicted octanol–water partition coefficient (Wildman–Crippen LogP) is 3.84. The third kappa shape index (κ3) is 2.28. The van der Waals surface area contributed by atoms with Gasteiger partial charge in [0.25, 0.3) is 0 Å². The zero-order valence-electron chi connectivity index (χ0n) is 9.79. The van der Waals surface area contributed by atoms with E-state index in [0.717, 1.165) is 5.75 Å². The highest BCUT2D eigenvalue weighted by atomic mass is 16.5. The van der Waals surface area contributed by atoms with Gasteiger partial charge in [0, 0.05) is 0 Å². The molecule has 0 aliphatic heterocycles. The van der Waals surface area contributed by atoms with E-state index in [2.05, 4.69) is 39.8 Å². The Morgan fingerprint density at radius 2 is 1.71 bits per heavy atom. The second kappa shape index (κ2) is 4.04. The first-order chi connectivity index (χ1) is 6.46. The molecule has 1 rings (SSSR count). The Balaban J connectivity index is 3.06. The number of rotatable bonds is 2. The van der Waals surface area contributed by atoms with Gasteiger partial charge in [-0.15, -0.1) is 0 Å². The van der Waals surface area contributed by atoms with Crippen molar-refractivity contribution in [3.05, 3.63) is 29.8 Å². The minimum absolute atomic E-state index is 0.272. The van der Waals surface area contributed by atoms with Gasteiger partial charge in [-0.2, -0.15) is 0 Å². The van der Waals surface area contributed by atoms with E-state index >= 15 is 0 Å². The van der Waals surface area contributed by atoms with Crippen molar-refractivity contribution in [3.8, 4) is 5.75 Å². The molecule has 78 valence electrons. The summed E-state index contributed by atoms with van der Waals surface area (Å²) in [7, 11) is 1.73. The van der Waals surface area contributed by atoms with Crippen LogP contribution in [0.4, 0.5) is 0 Å². The minimum Gasteiger partial charge on any atom is -0.496 e. The summed E-state index contributed by atoms with van der Waals surface area (Å²) in [4.78, 5) is 0. The Labute approximate surface area is 87.1 Å². The van der Waals surface area contributed by atoms with E-state index in [-0.39, 0.29) is 5.41 Å². The van der Waals surface area contributed by atoms with Crippen LogP contribution in [0, 0.1) is 5.41 Å². The van der Waals surface area contributed by atoms with Gasteiger partial charge in [-0.1, -0.05) is 45.9 Å². The molecule has 0 spiro atoms. The molecule has 0 aliphatic rings. The Morgan fingerprint density at radius 1 is 1.14 bits per heavy atom. The van der Waals surface area contributed by atoms with Gasteiger partial charge in [0.1, 0.15) is 5.75 Å². The molecule has 1 aromatic carbocycles. The molecular formula is C13H20O. The molecule has 14 heavy (non-hydrogen) atoms. The van der Waals surface area contributed by atoms with Crippen LogP contribution in [-0.2, 0) is 0 Å². The fourth-order valence-electron chi connectivity index (χ4n) is 1.49. The van der Waals surface area contributed by atoms with Gasteiger partial charge < -0.3 is 4.74 Å². The molecule has 0 saturated heterocycles. The molecule has 0 amide bonds. The van der Waals surface area contributed by atoms with E-state index in [1.165, 1.54) is 5.56 Å². The van der Waals surface area contributed by atoms with Crippen LogP contribution >= 0.6 is 0 Å². The third-order valence-electron chi connectivity index (χ3n) is 2.90. The molecule has 1 unspecified atom stereocenters. The molecule has 1 aromatic rings. The topological polar surface area (TPSA) is 9.23 Å². The summed E-state index contributed by atoms with van der Waals surface area (Å²) in [5.74, 6) is 1.49. The van der Waals surface area contributed by atoms with Crippen molar-refractivity contribution < 1.29 is 4.74 Å². The number of ether oxygens (including phenoxy) is 1. The van der Waals surface area contributed by atoms with Crippen LogP contribution in [-0.4, -0.2) is 7.11 Å². The summed E-state index contributed by atoms with van der Waals surface area (Å²) in [6.45, 7) is 9.01. The first kappa shape index (κ1) is 11.1. The van der Waals surface area contributed by atoms with Crippen molar-refractivity contribution in [2.45, 2.75) is 33.6 Å². The van der Waals surface area contributed by atoms with Crippen molar-refractivity contribution >= 4 is 0 Å². The molecule has 1 nitrogen and oxygen atoms in total. The summed E-state index contributed by atoms with van der Waals surface area (Å²) < 4.78 is 5.36. The fraction of sp³-hybridized carbons (Fsp3) is 0.538. The van der Waals surface area contributed by atoms with Crippen molar-refractivity contribution in [2.75, 3.05) is 7.11 Å². The Bertz CT molecular complexity index is 296. The maximum Gasteiger partial charge on any atom is 0.122 e. The maximum atomic E-state index is 5.36. The number of hydrogen-bond donors (Lipinski definition) is 0. The summed E-state index contributed by atoms with van der Waals surface area (Å²) >= 11 is 0. The highest BCUT2D eigenvalue weighted by Gasteiger charge is 2.23. The van der Waals surface area contributed by atoms with E-state index in [4.69, 9.17) is 4.74 Å². The minimum atomic E-state index is 0.272. The van der Waals surface area contributed by atoms with Crippen LogP contribution in [0.5, 0.6) is 5.75 Å². The van der Waals surface area contributed by atoms with Crippen LogP contribution in [0.2, 0.25) is 0 Å². The van der Waals surface area contributed by atoms with Gasteiger partial charge in [0.2, 0.25) is 0 Å². The second-order valence-electron chi connectivity index (χ2n) is 4.83. The first-order valence-corrected chi connectivity index (χ1v) is 5.09. The number of benzene rings is 1. The maximum absolute atomic E-state index is 5.36. The van der Waals surface area contributed by atoms with E-state index in [1.54, 1.807) is 7.11 Å². The summed E-state index contributed by atoms with van der Waals surface area (Å²) in [5.41, 5.74) is 1.57. The smallest absolute Gasteiger partial charge is 0.122 e. The lowest BCUT2D eigenvalue weighted by atomic mass is 9.77. The fourth-order valence-corrected chi connectivity index (χ4v) is 1.49. The van der Waals surface area contributed by atoms with Crippen molar-refractivity contribution in [2.24, 2.45) is 5.41 Å². The lowest BCUT2D eigenvalue weighted by Crippen LogP contribution is -2.15. The molecule has 0 bridgehead atoms. The van der Waals surface area contributed by atoms with Gasteiger partial charge in [0.15, 0.2) is 0 Å². The van der Waals surface area contributed by atoms with Gasteiger partial charge in [-0.05, 0) is 23.0 Å². The lowest BCUT2D eigenvalue weighted by molar-refractivity contribution is 0.325. The van der Waals surface area contributed by atoms with Crippen LogP contribution in [0.1, 0.15) is 39.2 Å². The molecule has 1 heteroatoms. The van der Waals surface area contributed by atoms with Crippen molar-refractivity contribution in [1.29, 1.82) is 0 Å². The molecule has 0 heterocycles. The predicted molar refractivity (Wildman–Crippen MR) is 60.9 cm³/mol. The van der Waals surface area contributed by atoms with Gasteiger partial charge in [-0.3, -0.25) is 0 Å². The summed E-state index contributed by atoms with van der Waals surface area (Å²) in [5, 5.41) is 0. The molecule has 0 radical (unpaired) electrons. The average Bonchev–Trinajstić information content (AvgIpc) is 2.15. The quantitative estimate of drug-likeness (QED) is 0.691. The van der Waals surface area contributed by atoms with E-state index < -0.39 is 0 Å². The highest BCUT2D eigenvalue weighted by molar-refractivity contribution is 5.36. The Kier molecular flexibility index (Phi) is 3.20. The second-order valence-corrected chi connectivity index (χ2v) is 4.83. The van der Waals surface area contributed by atoms with E-state index in [9.17, 15) is 0 Å². The van der Waals surface area contributed by atoms with Crippen molar-refractivity contribution in [1.82, 2.24) is 0 Å². The first-order valence-electron chi connectivity index (χ1n) is 5.09. The monoisotopic (exact) mass is 192 g/mol. The molecule has 0 fully saturated rings. The molecular weight excluding hydrogens is 172 g/mol. The molecule has 0 N–H and O–H groups in total. The molecule has 0 aliphatic carbocycles. The molecule has 0 saturated carbocycles. The Morgan fingerprint density at radius 3 is 2.21 bits per heavy atom. The van der Waals surface area contributed by atoms with Crippen LogP contribution in [0.3, 0.4) is 0 Å². The van der Waals surface area contributed by atoms with Crippen LogP contribution < -0.4 is 4.74 Å². The average molecular weight is 192 g/mol. The molecule has 0 aromatic heterocycles. The van der Waals surface area contributed by atoms with Gasteiger partial charge >= 0.3 is 0 Å². The summed E-state index contributed by atoms with van der Waals surface area (Å²) in [6.07, 6.45) is 0. The highest BCUT2D eigenvalue weighted by Crippen LogP contribution is 2.38. The van der Waals surface area contributed by atoms with Crippen LogP contribution in [0.25, 0.3) is 0 Å². The van der Waals surface area contributed by atoms with E-state index in [1.807, 2.05) is 12.1 Å². The zero-order chi connectivity index (χ0) is 10.8. The van der Waals surface area contributed by atoms with Gasteiger partial charge in [-0.25, -0.2) is 0 Å². The van der Waals surface area contributed by atoms with E-state index in [0.29, 0.717) is 5.92 Å². The molecule has 1 atom stereocenters. The van der Waals surface area contributed by atoms with Crippen LogP contribution in [0.15, 0.2) is 24.3 Å².